The van der Waals surface area contributed by atoms with E-state index in [9.17, 15) is 13.2 Å². The monoisotopic (exact) mass is 394 g/mol. The zero-order valence-corrected chi connectivity index (χ0v) is 16.6. The van der Waals surface area contributed by atoms with E-state index in [1.165, 1.54) is 50.7 Å². The summed E-state index contributed by atoms with van der Waals surface area (Å²) >= 11 is 1.86. The molecule has 1 atom stereocenters. The van der Waals surface area contributed by atoms with E-state index in [1.54, 1.807) is 12.1 Å². The Bertz CT molecular complexity index is 769. The maximum absolute atomic E-state index is 12.6. The number of primary sulfonamides is 1. The van der Waals surface area contributed by atoms with Crippen LogP contribution in [0.15, 0.2) is 29.2 Å². The van der Waals surface area contributed by atoms with Crippen molar-refractivity contribution in [3.05, 3.63) is 24.3 Å². The molecule has 0 aromatic heterocycles. The molecule has 1 amide bonds. The molecule has 5 nitrogen and oxygen atoms in total. The first kappa shape index (κ1) is 18.3. The molecule has 26 heavy (non-hydrogen) atoms. The SMILES string of the molecule is C[C@H](SC12CC3CC(CC(C3)C1)C2)C(=O)Nc1ccc(S(N)(=O)=O)cc1. The van der Waals surface area contributed by atoms with Crippen LogP contribution in [0.1, 0.15) is 45.4 Å². The number of sulfonamides is 1. The quantitative estimate of drug-likeness (QED) is 0.801. The number of nitrogens with two attached hydrogens (primary N) is 1. The van der Waals surface area contributed by atoms with Gasteiger partial charge in [0.05, 0.1) is 10.1 Å². The van der Waals surface area contributed by atoms with Crippen LogP contribution in [-0.4, -0.2) is 24.3 Å². The van der Waals surface area contributed by atoms with Gasteiger partial charge >= 0.3 is 0 Å². The summed E-state index contributed by atoms with van der Waals surface area (Å²) in [5, 5.41) is 7.89. The minimum Gasteiger partial charge on any atom is -0.325 e. The van der Waals surface area contributed by atoms with Crippen LogP contribution in [0.4, 0.5) is 5.69 Å². The summed E-state index contributed by atoms with van der Waals surface area (Å²) in [6.07, 6.45) is 8.00. The lowest BCUT2D eigenvalue weighted by atomic mass is 9.56. The van der Waals surface area contributed by atoms with Gasteiger partial charge in [-0.3, -0.25) is 4.79 Å². The molecule has 0 unspecified atom stereocenters. The van der Waals surface area contributed by atoms with Gasteiger partial charge in [-0.15, -0.1) is 11.8 Å². The van der Waals surface area contributed by atoms with Gasteiger partial charge in [0.25, 0.3) is 0 Å². The predicted molar refractivity (Wildman–Crippen MR) is 104 cm³/mol. The molecule has 5 rings (SSSR count). The van der Waals surface area contributed by atoms with E-state index in [-0.39, 0.29) is 16.1 Å². The summed E-state index contributed by atoms with van der Waals surface area (Å²) in [5.41, 5.74) is 0.598. The third-order valence-corrected chi connectivity index (χ3v) is 8.73. The van der Waals surface area contributed by atoms with E-state index in [1.807, 2.05) is 18.7 Å². The van der Waals surface area contributed by atoms with E-state index < -0.39 is 10.0 Å². The number of nitrogens with one attached hydrogen (secondary N) is 1. The molecular formula is C19H26N2O3S2. The molecule has 4 aliphatic carbocycles. The minimum absolute atomic E-state index is 0.0194. The molecule has 0 heterocycles. The molecule has 1 aromatic carbocycles. The molecule has 0 aliphatic heterocycles. The predicted octanol–water partition coefficient (Wildman–Crippen LogP) is 3.36. The summed E-state index contributed by atoms with van der Waals surface area (Å²) in [7, 11) is -3.71. The highest BCUT2D eigenvalue weighted by Crippen LogP contribution is 2.61. The smallest absolute Gasteiger partial charge is 0.238 e. The van der Waals surface area contributed by atoms with Crippen molar-refractivity contribution in [2.75, 3.05) is 5.32 Å². The second-order valence-electron chi connectivity index (χ2n) is 8.42. The Morgan fingerprint density at radius 1 is 1.12 bits per heavy atom. The Kier molecular flexibility index (Phi) is 4.60. The zero-order valence-electron chi connectivity index (χ0n) is 15.0. The number of carbonyl (C=O) groups excluding carboxylic acids is 1. The molecule has 142 valence electrons. The minimum atomic E-state index is -3.71. The standard InChI is InChI=1S/C19H26N2O3S2/c1-12(18(22)21-16-2-4-17(5-3-16)26(20,23)24)25-19-9-13-6-14(10-19)8-15(7-13)11-19/h2-5,12-15H,6-11H2,1H3,(H,21,22)(H2,20,23,24)/t12-,13?,14?,15?,19?/m0/s1. The van der Waals surface area contributed by atoms with Crippen molar-refractivity contribution >= 4 is 33.4 Å². The number of carbonyl (C=O) groups is 1. The lowest BCUT2D eigenvalue weighted by Crippen LogP contribution is -2.49. The van der Waals surface area contributed by atoms with Gasteiger partial charge in [-0.2, -0.15) is 0 Å². The summed E-state index contributed by atoms with van der Waals surface area (Å²) in [5.74, 6) is 2.59. The fraction of sp³-hybridized carbons (Fsp3) is 0.632. The normalized spacial score (nSPS) is 33.8. The highest BCUT2D eigenvalue weighted by atomic mass is 32.2. The van der Waals surface area contributed by atoms with Crippen LogP contribution in [-0.2, 0) is 14.8 Å². The van der Waals surface area contributed by atoms with Crippen LogP contribution in [0.2, 0.25) is 0 Å². The summed E-state index contributed by atoms with van der Waals surface area (Å²) in [6, 6.07) is 6.00. The zero-order chi connectivity index (χ0) is 18.5. The Hall–Kier alpha value is -1.05. The van der Waals surface area contributed by atoms with Gasteiger partial charge in [-0.05, 0) is 87.5 Å². The first-order chi connectivity index (χ1) is 12.2. The second kappa shape index (κ2) is 6.53. The topological polar surface area (TPSA) is 89.3 Å². The summed E-state index contributed by atoms with van der Waals surface area (Å²) < 4.78 is 22.9. The molecule has 4 aliphatic rings. The fourth-order valence-corrected chi connectivity index (χ4v) is 8.00. The maximum Gasteiger partial charge on any atom is 0.238 e. The van der Waals surface area contributed by atoms with Gasteiger partial charge in [-0.1, -0.05) is 0 Å². The van der Waals surface area contributed by atoms with Gasteiger partial charge < -0.3 is 5.32 Å². The Labute approximate surface area is 159 Å². The van der Waals surface area contributed by atoms with Crippen LogP contribution >= 0.6 is 11.8 Å². The van der Waals surface area contributed by atoms with Crippen molar-refractivity contribution in [1.29, 1.82) is 0 Å². The lowest BCUT2D eigenvalue weighted by Gasteiger charge is -2.57. The number of benzene rings is 1. The maximum atomic E-state index is 12.6. The molecule has 0 saturated heterocycles. The molecule has 0 spiro atoms. The van der Waals surface area contributed by atoms with Crippen LogP contribution in [0, 0.1) is 17.8 Å². The van der Waals surface area contributed by atoms with Crippen LogP contribution in [0.25, 0.3) is 0 Å². The third-order valence-electron chi connectivity index (χ3n) is 6.23. The van der Waals surface area contributed by atoms with Crippen molar-refractivity contribution in [3.8, 4) is 0 Å². The molecule has 3 N–H and O–H groups in total. The highest BCUT2D eigenvalue weighted by molar-refractivity contribution is 8.02. The van der Waals surface area contributed by atoms with Gasteiger partial charge in [0.15, 0.2) is 0 Å². The summed E-state index contributed by atoms with van der Waals surface area (Å²) in [6.45, 7) is 1.98. The van der Waals surface area contributed by atoms with Gasteiger partial charge in [0, 0.05) is 10.4 Å². The van der Waals surface area contributed by atoms with Crippen LogP contribution in [0.3, 0.4) is 0 Å². The Morgan fingerprint density at radius 2 is 1.62 bits per heavy atom. The molecule has 4 fully saturated rings. The number of hydrogen-bond donors (Lipinski definition) is 2. The van der Waals surface area contributed by atoms with Gasteiger partial charge in [0.1, 0.15) is 0 Å². The van der Waals surface area contributed by atoms with E-state index in [0.29, 0.717) is 10.4 Å². The van der Waals surface area contributed by atoms with E-state index >= 15 is 0 Å². The Balaban J connectivity index is 1.39. The second-order valence-corrected chi connectivity index (χ2v) is 11.8. The number of rotatable bonds is 5. The van der Waals surface area contributed by atoms with Crippen molar-refractivity contribution in [3.63, 3.8) is 0 Å². The molecular weight excluding hydrogens is 368 g/mol. The van der Waals surface area contributed by atoms with E-state index in [0.717, 1.165) is 17.8 Å². The average molecular weight is 395 g/mol. The lowest BCUT2D eigenvalue weighted by molar-refractivity contribution is -0.115. The highest BCUT2D eigenvalue weighted by Gasteiger charge is 2.52. The number of anilines is 1. The Morgan fingerprint density at radius 3 is 2.08 bits per heavy atom. The molecule has 0 radical (unpaired) electrons. The molecule has 4 saturated carbocycles. The van der Waals surface area contributed by atoms with Crippen LogP contribution in [0.5, 0.6) is 0 Å². The average Bonchev–Trinajstić information content (AvgIpc) is 2.52. The third kappa shape index (κ3) is 3.66. The van der Waals surface area contributed by atoms with E-state index in [4.69, 9.17) is 5.14 Å². The number of amides is 1. The largest absolute Gasteiger partial charge is 0.325 e. The van der Waals surface area contributed by atoms with Crippen molar-refractivity contribution in [2.24, 2.45) is 22.9 Å². The van der Waals surface area contributed by atoms with Gasteiger partial charge in [-0.25, -0.2) is 13.6 Å². The van der Waals surface area contributed by atoms with Crippen molar-refractivity contribution in [2.45, 2.75) is 60.3 Å². The molecule has 4 bridgehead atoms. The summed E-state index contributed by atoms with van der Waals surface area (Å²) in [4.78, 5) is 12.7. The fourth-order valence-electron chi connectivity index (χ4n) is 5.58. The van der Waals surface area contributed by atoms with Crippen molar-refractivity contribution < 1.29 is 13.2 Å². The van der Waals surface area contributed by atoms with Crippen LogP contribution < -0.4 is 10.5 Å². The first-order valence-electron chi connectivity index (χ1n) is 9.34. The van der Waals surface area contributed by atoms with Crippen molar-refractivity contribution in [1.82, 2.24) is 0 Å². The molecule has 7 heteroatoms. The number of hydrogen-bond acceptors (Lipinski definition) is 4. The molecule has 1 aromatic rings. The van der Waals surface area contributed by atoms with E-state index in [2.05, 4.69) is 5.32 Å². The van der Waals surface area contributed by atoms with Gasteiger partial charge in [0.2, 0.25) is 15.9 Å². The first-order valence-corrected chi connectivity index (χ1v) is 11.8. The number of thioether (sulfide) groups is 1.